The fourth-order valence-corrected chi connectivity index (χ4v) is 2.30. The van der Waals surface area contributed by atoms with Gasteiger partial charge in [-0.15, -0.1) is 11.6 Å². The summed E-state index contributed by atoms with van der Waals surface area (Å²) in [5.41, 5.74) is 2.50. The van der Waals surface area contributed by atoms with Gasteiger partial charge in [0.15, 0.2) is 0 Å². The Bertz CT molecular complexity index is 652. The summed E-state index contributed by atoms with van der Waals surface area (Å²) in [5, 5.41) is 8.90. The highest BCUT2D eigenvalue weighted by Gasteiger charge is 2.17. The van der Waals surface area contributed by atoms with Crippen LogP contribution in [0.3, 0.4) is 0 Å². The summed E-state index contributed by atoms with van der Waals surface area (Å²) >= 11 is 6.25. The molecule has 0 aliphatic rings. The van der Waals surface area contributed by atoms with Gasteiger partial charge in [-0.3, -0.25) is 0 Å². The fraction of sp³-hybridized carbons (Fsp3) is 0.467. The lowest BCUT2D eigenvalue weighted by molar-refractivity contribution is 0.284. The largest absolute Gasteiger partial charge is 0.325 e. The molecule has 0 aliphatic carbocycles. The lowest BCUT2D eigenvalue weighted by atomic mass is 10.2. The van der Waals surface area contributed by atoms with E-state index in [1.807, 2.05) is 33.2 Å². The maximum absolute atomic E-state index is 9.06. The molecule has 0 N–H and O–H groups in total. The number of likely N-dealkylation sites (N-methyl/N-ethyl adjacent to an activating group) is 1. The van der Waals surface area contributed by atoms with Crippen LogP contribution in [0.15, 0.2) is 18.2 Å². The molecule has 1 aromatic carbocycles. The second-order valence-corrected chi connectivity index (χ2v) is 5.98. The van der Waals surface area contributed by atoms with Crippen molar-refractivity contribution < 1.29 is 0 Å². The highest BCUT2D eigenvalue weighted by molar-refractivity contribution is 6.20. The van der Waals surface area contributed by atoms with Crippen LogP contribution in [-0.4, -0.2) is 34.6 Å². The average molecular weight is 291 g/mol. The van der Waals surface area contributed by atoms with Gasteiger partial charge in [0.25, 0.3) is 0 Å². The van der Waals surface area contributed by atoms with E-state index in [1.165, 1.54) is 0 Å². The summed E-state index contributed by atoms with van der Waals surface area (Å²) in [6.07, 6.45) is 0. The first-order valence-corrected chi connectivity index (χ1v) is 7.08. The van der Waals surface area contributed by atoms with E-state index in [4.69, 9.17) is 16.9 Å². The summed E-state index contributed by atoms with van der Waals surface area (Å²) in [4.78, 5) is 6.76. The number of nitriles is 1. The van der Waals surface area contributed by atoms with E-state index < -0.39 is 0 Å². The monoisotopic (exact) mass is 290 g/mol. The molecule has 20 heavy (non-hydrogen) atoms. The molecule has 0 bridgehead atoms. The van der Waals surface area contributed by atoms with Gasteiger partial charge in [-0.25, -0.2) is 4.98 Å². The Hall–Kier alpha value is -1.57. The van der Waals surface area contributed by atoms with Gasteiger partial charge in [0.05, 0.1) is 28.0 Å². The van der Waals surface area contributed by atoms with E-state index in [9.17, 15) is 0 Å². The number of imidazole rings is 1. The first-order valence-electron chi connectivity index (χ1n) is 6.64. The second-order valence-electron chi connectivity index (χ2n) is 5.32. The molecule has 1 aromatic heterocycles. The maximum atomic E-state index is 9.06. The zero-order valence-corrected chi connectivity index (χ0v) is 13.0. The number of benzene rings is 1. The minimum atomic E-state index is -0.165. The Morgan fingerprint density at radius 3 is 2.65 bits per heavy atom. The van der Waals surface area contributed by atoms with Crippen molar-refractivity contribution in [2.45, 2.75) is 31.8 Å². The summed E-state index contributed by atoms with van der Waals surface area (Å²) in [5.74, 6) is 0.852. The summed E-state index contributed by atoms with van der Waals surface area (Å²) in [6.45, 7) is 4.87. The lowest BCUT2D eigenvalue weighted by Gasteiger charge is -2.22. The molecule has 0 saturated carbocycles. The molecule has 2 unspecified atom stereocenters. The van der Waals surface area contributed by atoms with Crippen LogP contribution >= 0.6 is 11.6 Å². The number of nitrogens with zero attached hydrogens (tertiary/aromatic N) is 4. The Kier molecular flexibility index (Phi) is 4.32. The van der Waals surface area contributed by atoms with Crippen LogP contribution in [0.25, 0.3) is 11.0 Å². The van der Waals surface area contributed by atoms with Crippen LogP contribution in [0.5, 0.6) is 0 Å². The van der Waals surface area contributed by atoms with E-state index in [0.717, 1.165) is 23.4 Å². The number of alkyl halides is 1. The Morgan fingerprint density at radius 2 is 2.10 bits per heavy atom. The molecule has 0 fully saturated rings. The maximum Gasteiger partial charge on any atom is 0.127 e. The molecule has 106 valence electrons. The molecule has 2 aromatic rings. The molecule has 0 aliphatic heterocycles. The normalized spacial score (nSPS) is 14.4. The Morgan fingerprint density at radius 1 is 1.40 bits per heavy atom. The number of hydrogen-bond acceptors (Lipinski definition) is 3. The van der Waals surface area contributed by atoms with Gasteiger partial charge in [0.1, 0.15) is 5.82 Å². The second kappa shape index (κ2) is 5.82. The van der Waals surface area contributed by atoms with E-state index in [-0.39, 0.29) is 5.38 Å². The summed E-state index contributed by atoms with van der Waals surface area (Å²) < 4.78 is 2.12. The first kappa shape index (κ1) is 14.8. The van der Waals surface area contributed by atoms with Crippen molar-refractivity contribution in [1.82, 2.24) is 14.5 Å². The van der Waals surface area contributed by atoms with Crippen LogP contribution in [0.4, 0.5) is 0 Å². The van der Waals surface area contributed by atoms with Crippen molar-refractivity contribution in [3.8, 4) is 6.07 Å². The molecule has 0 amide bonds. The minimum Gasteiger partial charge on any atom is -0.325 e. The van der Waals surface area contributed by atoms with Crippen LogP contribution in [0.1, 0.15) is 30.6 Å². The van der Waals surface area contributed by atoms with Gasteiger partial charge in [0, 0.05) is 12.6 Å². The fourth-order valence-electron chi connectivity index (χ4n) is 2.13. The van der Waals surface area contributed by atoms with Gasteiger partial charge in [-0.2, -0.15) is 5.26 Å². The predicted molar refractivity (Wildman–Crippen MR) is 81.9 cm³/mol. The van der Waals surface area contributed by atoms with Gasteiger partial charge in [0.2, 0.25) is 0 Å². The topological polar surface area (TPSA) is 44.9 Å². The number of aromatic nitrogens is 2. The quantitative estimate of drug-likeness (QED) is 0.813. The molecular weight excluding hydrogens is 272 g/mol. The van der Waals surface area contributed by atoms with E-state index >= 15 is 0 Å². The zero-order valence-electron chi connectivity index (χ0n) is 12.3. The van der Waals surface area contributed by atoms with Crippen molar-refractivity contribution in [3.05, 3.63) is 29.6 Å². The van der Waals surface area contributed by atoms with Crippen molar-refractivity contribution in [2.24, 2.45) is 0 Å². The van der Waals surface area contributed by atoms with Crippen molar-refractivity contribution in [2.75, 3.05) is 14.1 Å². The Labute approximate surface area is 124 Å². The molecule has 5 heteroatoms. The van der Waals surface area contributed by atoms with Crippen molar-refractivity contribution >= 4 is 22.6 Å². The molecule has 1 heterocycles. The van der Waals surface area contributed by atoms with Crippen LogP contribution in [0, 0.1) is 11.3 Å². The van der Waals surface area contributed by atoms with Gasteiger partial charge in [-0.05, 0) is 46.1 Å². The first-order chi connectivity index (χ1) is 9.43. The third-order valence-electron chi connectivity index (χ3n) is 3.59. The summed E-state index contributed by atoms with van der Waals surface area (Å²) in [7, 11) is 4.10. The van der Waals surface area contributed by atoms with Gasteiger partial charge in [-0.1, -0.05) is 0 Å². The molecule has 2 atom stereocenters. The molecule has 4 nitrogen and oxygen atoms in total. The zero-order chi connectivity index (χ0) is 14.9. The van der Waals surface area contributed by atoms with E-state index in [2.05, 4.69) is 27.4 Å². The SMILES string of the molecule is CC(Cl)c1nc2ccc(C#N)cc2n1CC(C)N(C)C. The highest BCUT2D eigenvalue weighted by atomic mass is 35.5. The highest BCUT2D eigenvalue weighted by Crippen LogP contribution is 2.26. The number of fused-ring (bicyclic) bond motifs is 1. The summed E-state index contributed by atoms with van der Waals surface area (Å²) in [6, 6.07) is 8.08. The third-order valence-corrected chi connectivity index (χ3v) is 3.79. The van der Waals surface area contributed by atoms with E-state index in [0.29, 0.717) is 11.6 Å². The molecule has 2 rings (SSSR count). The molecule has 0 radical (unpaired) electrons. The van der Waals surface area contributed by atoms with Crippen molar-refractivity contribution in [3.63, 3.8) is 0 Å². The number of halogens is 1. The predicted octanol–water partition coefficient (Wildman–Crippen LogP) is 3.16. The lowest BCUT2D eigenvalue weighted by Crippen LogP contribution is -2.29. The smallest absolute Gasteiger partial charge is 0.127 e. The van der Waals surface area contributed by atoms with Gasteiger partial charge < -0.3 is 9.47 Å². The van der Waals surface area contributed by atoms with Crippen molar-refractivity contribution in [1.29, 1.82) is 5.26 Å². The van der Waals surface area contributed by atoms with Gasteiger partial charge >= 0.3 is 0 Å². The average Bonchev–Trinajstić information content (AvgIpc) is 2.76. The molecule has 0 spiro atoms. The van der Waals surface area contributed by atoms with Crippen LogP contribution < -0.4 is 0 Å². The van der Waals surface area contributed by atoms with Crippen LogP contribution in [-0.2, 0) is 6.54 Å². The Balaban J connectivity index is 2.58. The molecule has 0 saturated heterocycles. The minimum absolute atomic E-state index is 0.165. The third kappa shape index (κ3) is 2.79. The number of rotatable bonds is 4. The van der Waals surface area contributed by atoms with Crippen LogP contribution in [0.2, 0.25) is 0 Å². The molecular formula is C15H19ClN4. The number of hydrogen-bond donors (Lipinski definition) is 0. The van der Waals surface area contributed by atoms with E-state index in [1.54, 1.807) is 6.07 Å². The standard InChI is InChI=1S/C15H19ClN4/c1-10(19(3)4)9-20-14-7-12(8-17)5-6-13(14)18-15(20)11(2)16/h5-7,10-11H,9H2,1-4H3.